The molecular formula is C22H19F3O4S. The van der Waals surface area contributed by atoms with Crippen molar-refractivity contribution in [3.8, 4) is 21.9 Å². The van der Waals surface area contributed by atoms with Crippen molar-refractivity contribution in [3.05, 3.63) is 70.6 Å². The molecule has 0 spiro atoms. The molecule has 1 N–H and O–H groups in total. The van der Waals surface area contributed by atoms with E-state index in [1.54, 1.807) is 12.1 Å². The Morgan fingerprint density at radius 3 is 2.40 bits per heavy atom. The van der Waals surface area contributed by atoms with E-state index in [-0.39, 0.29) is 0 Å². The highest BCUT2D eigenvalue weighted by molar-refractivity contribution is 7.15. The van der Waals surface area contributed by atoms with Crippen molar-refractivity contribution < 1.29 is 32.5 Å². The molecule has 0 aliphatic carbocycles. The minimum absolute atomic E-state index is 0.309. The number of aryl methyl sites for hydroxylation is 1. The first kappa shape index (κ1) is 21.7. The van der Waals surface area contributed by atoms with Gasteiger partial charge in [-0.1, -0.05) is 19.1 Å². The summed E-state index contributed by atoms with van der Waals surface area (Å²) in [6.07, 6.45) is -3.69. The van der Waals surface area contributed by atoms with Gasteiger partial charge in [0, 0.05) is 9.75 Å². The molecule has 4 nitrogen and oxygen atoms in total. The van der Waals surface area contributed by atoms with E-state index in [1.165, 1.54) is 23.5 Å². The normalized spacial score (nSPS) is 11.3. The summed E-state index contributed by atoms with van der Waals surface area (Å²) in [4.78, 5) is 12.4. The third-order valence-corrected chi connectivity index (χ3v) is 5.41. The third kappa shape index (κ3) is 5.54. The lowest BCUT2D eigenvalue weighted by Gasteiger charge is -2.11. The molecule has 0 aliphatic heterocycles. The van der Waals surface area contributed by atoms with E-state index in [4.69, 9.17) is 14.6 Å². The van der Waals surface area contributed by atoms with Gasteiger partial charge >= 0.3 is 12.1 Å². The van der Waals surface area contributed by atoms with Crippen LogP contribution in [0.1, 0.15) is 22.9 Å². The molecule has 3 aromatic rings. The van der Waals surface area contributed by atoms with Gasteiger partial charge < -0.3 is 14.6 Å². The maximum atomic E-state index is 12.7. The van der Waals surface area contributed by atoms with Crippen LogP contribution in [-0.4, -0.2) is 17.7 Å². The second kappa shape index (κ2) is 9.21. The first-order valence-corrected chi connectivity index (χ1v) is 9.94. The minimum atomic E-state index is -4.35. The number of benzene rings is 2. The number of carbonyl (C=O) groups is 1. The average molecular weight is 436 g/mol. The monoisotopic (exact) mass is 436 g/mol. The molecule has 0 saturated heterocycles. The SMILES string of the molecule is CCc1cc(OCc2ccc(-c3ccc(C(F)(F)F)cc3)s2)ccc1OCC(=O)O. The maximum absolute atomic E-state index is 12.7. The summed E-state index contributed by atoms with van der Waals surface area (Å²) in [6, 6.07) is 14.0. The van der Waals surface area contributed by atoms with Gasteiger partial charge in [0.25, 0.3) is 0 Å². The van der Waals surface area contributed by atoms with E-state index >= 15 is 0 Å². The molecule has 0 unspecified atom stereocenters. The Bertz CT molecular complexity index is 1010. The van der Waals surface area contributed by atoms with Gasteiger partial charge in [-0.05, 0) is 60.0 Å². The summed E-state index contributed by atoms with van der Waals surface area (Å²) in [6.45, 7) is 1.83. The molecule has 0 amide bonds. The molecule has 0 atom stereocenters. The zero-order chi connectivity index (χ0) is 21.7. The first-order chi connectivity index (χ1) is 14.3. The van der Waals surface area contributed by atoms with Crippen molar-refractivity contribution in [2.24, 2.45) is 0 Å². The molecule has 30 heavy (non-hydrogen) atoms. The lowest BCUT2D eigenvalue weighted by atomic mass is 10.1. The number of ether oxygens (including phenoxy) is 2. The lowest BCUT2D eigenvalue weighted by molar-refractivity contribution is -0.139. The predicted molar refractivity (Wildman–Crippen MR) is 108 cm³/mol. The number of thiophene rings is 1. The van der Waals surface area contributed by atoms with Crippen LogP contribution in [0.5, 0.6) is 11.5 Å². The average Bonchev–Trinajstić information content (AvgIpc) is 3.19. The van der Waals surface area contributed by atoms with Crippen molar-refractivity contribution >= 4 is 17.3 Å². The molecule has 0 aliphatic rings. The Kier molecular flexibility index (Phi) is 6.66. The number of halogens is 3. The van der Waals surface area contributed by atoms with Crippen LogP contribution in [0.4, 0.5) is 13.2 Å². The van der Waals surface area contributed by atoms with Crippen molar-refractivity contribution in [1.29, 1.82) is 0 Å². The molecular weight excluding hydrogens is 417 g/mol. The summed E-state index contributed by atoms with van der Waals surface area (Å²) in [5.74, 6) is 0.0888. The fourth-order valence-electron chi connectivity index (χ4n) is 2.79. The quantitative estimate of drug-likeness (QED) is 0.468. The van der Waals surface area contributed by atoms with Crippen molar-refractivity contribution in [1.82, 2.24) is 0 Å². The van der Waals surface area contributed by atoms with Crippen LogP contribution >= 0.6 is 11.3 Å². The third-order valence-electron chi connectivity index (χ3n) is 4.30. The highest BCUT2D eigenvalue weighted by Gasteiger charge is 2.30. The molecule has 0 bridgehead atoms. The van der Waals surface area contributed by atoms with Crippen LogP contribution in [0.25, 0.3) is 10.4 Å². The van der Waals surface area contributed by atoms with Crippen LogP contribution < -0.4 is 9.47 Å². The summed E-state index contributed by atoms with van der Waals surface area (Å²) in [5.41, 5.74) is 0.881. The molecule has 158 valence electrons. The summed E-state index contributed by atoms with van der Waals surface area (Å²) < 4.78 is 49.2. The Morgan fingerprint density at radius 2 is 1.77 bits per heavy atom. The topological polar surface area (TPSA) is 55.8 Å². The maximum Gasteiger partial charge on any atom is 0.416 e. The zero-order valence-corrected chi connectivity index (χ0v) is 16.8. The van der Waals surface area contributed by atoms with E-state index in [9.17, 15) is 18.0 Å². The summed E-state index contributed by atoms with van der Waals surface area (Å²) >= 11 is 1.45. The second-order valence-electron chi connectivity index (χ2n) is 6.44. The molecule has 2 aromatic carbocycles. The number of carboxylic acids is 1. The Labute approximate surface area is 175 Å². The molecule has 1 aromatic heterocycles. The lowest BCUT2D eigenvalue weighted by Crippen LogP contribution is -2.10. The molecule has 8 heteroatoms. The summed E-state index contributed by atoms with van der Waals surface area (Å²) in [5, 5.41) is 8.74. The van der Waals surface area contributed by atoms with E-state index in [1.807, 2.05) is 25.1 Å². The number of hydrogen-bond donors (Lipinski definition) is 1. The molecule has 0 radical (unpaired) electrons. The smallest absolute Gasteiger partial charge is 0.416 e. The predicted octanol–water partition coefficient (Wildman–Crippen LogP) is 6.04. The van der Waals surface area contributed by atoms with Gasteiger partial charge in [0.2, 0.25) is 0 Å². The minimum Gasteiger partial charge on any atom is -0.488 e. The highest BCUT2D eigenvalue weighted by Crippen LogP contribution is 2.33. The first-order valence-electron chi connectivity index (χ1n) is 9.13. The van der Waals surface area contributed by atoms with E-state index in [2.05, 4.69) is 0 Å². The number of hydrogen-bond acceptors (Lipinski definition) is 4. The van der Waals surface area contributed by atoms with Gasteiger partial charge in [0.15, 0.2) is 6.61 Å². The van der Waals surface area contributed by atoms with Crippen molar-refractivity contribution in [2.75, 3.05) is 6.61 Å². The number of alkyl halides is 3. The van der Waals surface area contributed by atoms with Gasteiger partial charge in [-0.2, -0.15) is 13.2 Å². The van der Waals surface area contributed by atoms with Crippen LogP contribution in [0.2, 0.25) is 0 Å². The van der Waals surface area contributed by atoms with Crippen molar-refractivity contribution in [2.45, 2.75) is 26.1 Å². The van der Waals surface area contributed by atoms with Crippen LogP contribution in [-0.2, 0) is 24.0 Å². The number of rotatable bonds is 8. The fraction of sp³-hybridized carbons (Fsp3) is 0.227. The van der Waals surface area contributed by atoms with Crippen LogP contribution in [0.3, 0.4) is 0 Å². The van der Waals surface area contributed by atoms with Gasteiger partial charge in [-0.25, -0.2) is 4.79 Å². The van der Waals surface area contributed by atoms with Gasteiger partial charge in [0.1, 0.15) is 18.1 Å². The van der Waals surface area contributed by atoms with E-state index < -0.39 is 24.3 Å². The molecule has 1 heterocycles. The second-order valence-corrected chi connectivity index (χ2v) is 7.60. The summed E-state index contributed by atoms with van der Waals surface area (Å²) in [7, 11) is 0. The Balaban J connectivity index is 1.64. The Morgan fingerprint density at radius 1 is 1.03 bits per heavy atom. The largest absolute Gasteiger partial charge is 0.488 e. The molecule has 3 rings (SSSR count). The van der Waals surface area contributed by atoms with E-state index in [0.717, 1.165) is 27.5 Å². The number of aliphatic carboxylic acids is 1. The van der Waals surface area contributed by atoms with Crippen LogP contribution in [0, 0.1) is 0 Å². The van der Waals surface area contributed by atoms with Gasteiger partial charge in [-0.15, -0.1) is 11.3 Å². The fourth-order valence-corrected chi connectivity index (χ4v) is 3.72. The molecule has 0 saturated carbocycles. The standard InChI is InChI=1S/C22H19F3O4S/c1-2-14-11-17(7-9-19(14)29-13-21(26)27)28-12-18-8-10-20(30-18)15-3-5-16(6-4-15)22(23,24)25/h3-11H,2,12-13H2,1H3,(H,26,27). The zero-order valence-electron chi connectivity index (χ0n) is 16.0. The molecule has 0 fully saturated rings. The van der Waals surface area contributed by atoms with E-state index in [0.29, 0.717) is 30.1 Å². The van der Waals surface area contributed by atoms with Crippen molar-refractivity contribution in [3.63, 3.8) is 0 Å². The van der Waals surface area contributed by atoms with Crippen LogP contribution in [0.15, 0.2) is 54.6 Å². The Hall–Kier alpha value is -3.00. The highest BCUT2D eigenvalue weighted by atomic mass is 32.1. The van der Waals surface area contributed by atoms with Gasteiger partial charge in [-0.3, -0.25) is 0 Å². The van der Waals surface area contributed by atoms with Gasteiger partial charge in [0.05, 0.1) is 5.56 Å². The number of carboxylic acid groups (broad SMARTS) is 1.